The second-order valence-electron chi connectivity index (χ2n) is 3.49. The van der Waals surface area contributed by atoms with Crippen LogP contribution in [-0.2, 0) is 29.0 Å². The lowest BCUT2D eigenvalue weighted by Crippen LogP contribution is -2.45. The Morgan fingerprint density at radius 3 is 2.42 bits per heavy atom. The van der Waals surface area contributed by atoms with Gasteiger partial charge in [0.25, 0.3) is 0 Å². The van der Waals surface area contributed by atoms with Gasteiger partial charge in [0.1, 0.15) is 24.6 Å². The number of hydrogen-bond donors (Lipinski definition) is 4. The molecule has 1 amide bonds. The molecule has 0 rings (SSSR count). The van der Waals surface area contributed by atoms with Gasteiger partial charge in [-0.2, -0.15) is 8.42 Å². The van der Waals surface area contributed by atoms with Gasteiger partial charge in [-0.1, -0.05) is 0 Å². The number of aldehydes is 1. The van der Waals surface area contributed by atoms with Gasteiger partial charge >= 0.3 is 10.4 Å². The number of aliphatic hydroxyl groups excluding tert-OH is 2. The average Bonchev–Trinajstić information content (AvgIpc) is 2.29. The van der Waals surface area contributed by atoms with Crippen LogP contribution in [0.15, 0.2) is 0 Å². The fourth-order valence-electron chi connectivity index (χ4n) is 1.01. The summed E-state index contributed by atoms with van der Waals surface area (Å²) in [5, 5.41) is 19.0. The molecule has 0 aromatic rings. The van der Waals surface area contributed by atoms with E-state index in [0.29, 0.717) is 6.29 Å². The van der Waals surface area contributed by atoms with Crippen molar-refractivity contribution in [1.29, 1.82) is 0 Å². The number of hydrogen-bond acceptors (Lipinski definition) is 8. The average molecular weight is 301 g/mol. The molecule has 0 bridgehead atoms. The van der Waals surface area contributed by atoms with Crippen LogP contribution in [0.3, 0.4) is 0 Å². The van der Waals surface area contributed by atoms with Crippen LogP contribution in [0.4, 0.5) is 0 Å². The summed E-state index contributed by atoms with van der Waals surface area (Å²) in [5.74, 6) is -0.605. The Balaban J connectivity index is 4.46. The Morgan fingerprint density at radius 2 is 2.00 bits per heavy atom. The van der Waals surface area contributed by atoms with Crippen LogP contribution in [0.2, 0.25) is 0 Å². The van der Waals surface area contributed by atoms with E-state index >= 15 is 0 Å². The summed E-state index contributed by atoms with van der Waals surface area (Å²) in [6, 6.07) is 0. The predicted octanol–water partition coefficient (Wildman–Crippen LogP) is -2.45. The van der Waals surface area contributed by atoms with Gasteiger partial charge in [-0.3, -0.25) is 14.2 Å². The van der Waals surface area contributed by atoms with Gasteiger partial charge in [-0.25, -0.2) is 9.66 Å². The third kappa shape index (κ3) is 8.58. The molecule has 0 fully saturated rings. The minimum atomic E-state index is -4.77. The van der Waals surface area contributed by atoms with Crippen LogP contribution in [0.1, 0.15) is 13.3 Å². The zero-order valence-corrected chi connectivity index (χ0v) is 10.7. The van der Waals surface area contributed by atoms with Crippen molar-refractivity contribution in [3.8, 4) is 0 Å². The first kappa shape index (κ1) is 17.9. The van der Waals surface area contributed by atoms with Crippen LogP contribution in [0.5, 0.6) is 0 Å². The van der Waals surface area contributed by atoms with E-state index < -0.39 is 41.2 Å². The lowest BCUT2D eigenvalue weighted by Gasteiger charge is -2.24. The second-order valence-corrected chi connectivity index (χ2v) is 4.58. The van der Waals surface area contributed by atoms with Gasteiger partial charge in [-0.05, 0) is 0 Å². The topological polar surface area (TPSA) is 159 Å². The van der Waals surface area contributed by atoms with Crippen molar-refractivity contribution in [2.45, 2.75) is 31.7 Å². The molecule has 4 N–H and O–H groups in total. The summed E-state index contributed by atoms with van der Waals surface area (Å²) >= 11 is 0. The highest BCUT2D eigenvalue weighted by Gasteiger charge is 2.29. The zero-order chi connectivity index (χ0) is 15.1. The highest BCUT2D eigenvalue weighted by Crippen LogP contribution is 2.08. The summed E-state index contributed by atoms with van der Waals surface area (Å²) in [6.45, 7) is 0.168. The predicted molar refractivity (Wildman–Crippen MR) is 58.9 cm³/mol. The van der Waals surface area contributed by atoms with Gasteiger partial charge in [-0.15, -0.1) is 0 Å². The van der Waals surface area contributed by atoms with E-state index in [2.05, 4.69) is 9.02 Å². The molecule has 112 valence electrons. The molecule has 11 heteroatoms. The Morgan fingerprint density at radius 1 is 1.42 bits per heavy atom. The lowest BCUT2D eigenvalue weighted by atomic mass is 10.1. The molecule has 0 radical (unpaired) electrons. The fraction of sp³-hybridized carbons (Fsp3) is 0.750. The number of nitrogens with one attached hydrogen (secondary N) is 1. The number of amides is 1. The normalized spacial score (nSPS) is 16.4. The number of hydroxylamine groups is 1. The SMILES string of the molecule is CC(=O)NO[C@@H](CC=O)[C@@H](O)[C@H](O)COS(=O)(=O)O. The van der Waals surface area contributed by atoms with E-state index in [-0.39, 0.29) is 6.42 Å². The summed E-state index contributed by atoms with van der Waals surface area (Å²) in [4.78, 5) is 25.6. The number of aliphatic hydroxyl groups is 2. The highest BCUT2D eigenvalue weighted by molar-refractivity contribution is 7.80. The van der Waals surface area contributed by atoms with Crippen molar-refractivity contribution in [3.63, 3.8) is 0 Å². The molecular weight excluding hydrogens is 286 g/mol. The standard InChI is InChI=1S/C8H15NO9S/c1-5(11)9-18-7(2-3-10)8(13)6(12)4-17-19(14,15)16/h3,6-8,12-13H,2,4H2,1H3,(H,9,11)(H,14,15,16)/t6-,7+,8+/m1/s1. The molecule has 19 heavy (non-hydrogen) atoms. The monoisotopic (exact) mass is 301 g/mol. The Hall–Kier alpha value is -1.11. The van der Waals surface area contributed by atoms with Crippen molar-refractivity contribution in [2.24, 2.45) is 0 Å². The van der Waals surface area contributed by atoms with Gasteiger partial charge in [0.15, 0.2) is 0 Å². The van der Waals surface area contributed by atoms with Gasteiger partial charge in [0.05, 0.1) is 6.61 Å². The lowest BCUT2D eigenvalue weighted by molar-refractivity contribution is -0.156. The fourth-order valence-corrected chi connectivity index (χ4v) is 1.32. The van der Waals surface area contributed by atoms with E-state index in [1.807, 2.05) is 5.48 Å². The summed E-state index contributed by atoms with van der Waals surface area (Å²) in [6.07, 6.45) is -4.79. The Labute approximate surface area is 109 Å². The Bertz CT molecular complexity index is 395. The van der Waals surface area contributed by atoms with Crippen molar-refractivity contribution < 1.29 is 41.8 Å². The van der Waals surface area contributed by atoms with E-state index in [1.54, 1.807) is 0 Å². The number of carbonyl (C=O) groups excluding carboxylic acids is 2. The molecule has 3 atom stereocenters. The van der Waals surface area contributed by atoms with Gasteiger partial charge in [0, 0.05) is 13.3 Å². The van der Waals surface area contributed by atoms with Crippen molar-refractivity contribution >= 4 is 22.6 Å². The smallest absolute Gasteiger partial charge is 0.388 e. The molecule has 0 heterocycles. The second kappa shape index (κ2) is 8.14. The molecule has 0 saturated carbocycles. The maximum Gasteiger partial charge on any atom is 0.397 e. The molecule has 0 aromatic heterocycles. The quantitative estimate of drug-likeness (QED) is 0.206. The van der Waals surface area contributed by atoms with Crippen molar-refractivity contribution in [3.05, 3.63) is 0 Å². The van der Waals surface area contributed by atoms with Crippen LogP contribution in [0, 0.1) is 0 Å². The molecule has 0 aliphatic carbocycles. The molecule has 10 nitrogen and oxygen atoms in total. The first-order chi connectivity index (χ1) is 8.67. The minimum Gasteiger partial charge on any atom is -0.388 e. The van der Waals surface area contributed by atoms with Crippen molar-refractivity contribution in [1.82, 2.24) is 5.48 Å². The molecule has 0 spiro atoms. The molecule has 0 unspecified atom stereocenters. The van der Waals surface area contributed by atoms with E-state index in [1.165, 1.54) is 0 Å². The first-order valence-electron chi connectivity index (χ1n) is 5.01. The van der Waals surface area contributed by atoms with Crippen molar-refractivity contribution in [2.75, 3.05) is 6.61 Å². The van der Waals surface area contributed by atoms with E-state index in [9.17, 15) is 28.2 Å². The molecule has 0 aliphatic heterocycles. The van der Waals surface area contributed by atoms with Crippen LogP contribution in [-0.4, -0.2) is 60.3 Å². The summed E-state index contributed by atoms with van der Waals surface area (Å²) in [7, 11) is -4.77. The first-order valence-corrected chi connectivity index (χ1v) is 6.37. The third-order valence-corrected chi connectivity index (χ3v) is 2.28. The van der Waals surface area contributed by atoms with Crippen LogP contribution < -0.4 is 5.48 Å². The molecule has 0 aliphatic rings. The summed E-state index contributed by atoms with van der Waals surface area (Å²) in [5.41, 5.74) is 1.86. The minimum absolute atomic E-state index is 0.367. The zero-order valence-electron chi connectivity index (χ0n) is 9.92. The van der Waals surface area contributed by atoms with Gasteiger partial charge < -0.3 is 15.0 Å². The molecule has 0 saturated heterocycles. The third-order valence-electron chi connectivity index (χ3n) is 1.85. The summed E-state index contributed by atoms with van der Waals surface area (Å²) < 4.78 is 32.7. The highest BCUT2D eigenvalue weighted by atomic mass is 32.3. The van der Waals surface area contributed by atoms with Gasteiger partial charge in [0.2, 0.25) is 5.91 Å². The number of carbonyl (C=O) groups is 2. The van der Waals surface area contributed by atoms with Crippen LogP contribution >= 0.6 is 0 Å². The van der Waals surface area contributed by atoms with Crippen LogP contribution in [0.25, 0.3) is 0 Å². The largest absolute Gasteiger partial charge is 0.397 e. The molecule has 0 aromatic carbocycles. The van der Waals surface area contributed by atoms with E-state index in [4.69, 9.17) is 4.55 Å². The maximum atomic E-state index is 10.6. The molecular formula is C8H15NO9S. The maximum absolute atomic E-state index is 10.6. The van der Waals surface area contributed by atoms with E-state index in [0.717, 1.165) is 6.92 Å². The number of rotatable bonds is 9. The Kier molecular flexibility index (Phi) is 7.66.